The normalized spacial score (nSPS) is 21.3. The highest BCUT2D eigenvalue weighted by atomic mass is 32.1. The lowest BCUT2D eigenvalue weighted by atomic mass is 9.82. The predicted octanol–water partition coefficient (Wildman–Crippen LogP) is 2.87. The predicted molar refractivity (Wildman–Crippen MR) is 110 cm³/mol. The molecule has 1 aromatic rings. The standard InChI is InChI=1S/C21H30O7S/c1-3-8-27-20(23)19-14-18(16-6-13-29-15-16)17(21(28-19)26-4-2)5-9-24-11-12-25-10-7-22/h3,6,13-15,17-18,21-22H,1,4-5,7-12H2,2H3/t17-,18-,21-/m1/s1. The van der Waals surface area contributed by atoms with E-state index in [2.05, 4.69) is 12.0 Å². The van der Waals surface area contributed by atoms with Crippen molar-refractivity contribution < 1.29 is 33.6 Å². The fraction of sp³-hybridized carbons (Fsp3) is 0.571. The van der Waals surface area contributed by atoms with Crippen LogP contribution in [0.1, 0.15) is 24.8 Å². The minimum Gasteiger partial charge on any atom is -0.457 e. The summed E-state index contributed by atoms with van der Waals surface area (Å²) >= 11 is 1.60. The average molecular weight is 427 g/mol. The van der Waals surface area contributed by atoms with Crippen LogP contribution in [0.3, 0.4) is 0 Å². The summed E-state index contributed by atoms with van der Waals surface area (Å²) < 4.78 is 27.7. The number of esters is 1. The van der Waals surface area contributed by atoms with Crippen molar-refractivity contribution in [2.45, 2.75) is 25.6 Å². The summed E-state index contributed by atoms with van der Waals surface area (Å²) in [7, 11) is 0. The Bertz CT molecular complexity index is 629. The number of aliphatic hydroxyl groups is 1. The third kappa shape index (κ3) is 7.56. The first-order valence-electron chi connectivity index (χ1n) is 9.77. The van der Waals surface area contributed by atoms with E-state index in [1.807, 2.05) is 24.4 Å². The maximum absolute atomic E-state index is 12.3. The molecule has 1 N–H and O–H groups in total. The number of carbonyl (C=O) groups excluding carboxylic acids is 1. The van der Waals surface area contributed by atoms with E-state index < -0.39 is 12.3 Å². The summed E-state index contributed by atoms with van der Waals surface area (Å²) in [6.45, 7) is 7.73. The lowest BCUT2D eigenvalue weighted by Gasteiger charge is -2.36. The van der Waals surface area contributed by atoms with E-state index in [0.29, 0.717) is 39.5 Å². The van der Waals surface area contributed by atoms with E-state index in [0.717, 1.165) is 5.56 Å². The highest BCUT2D eigenvalue weighted by molar-refractivity contribution is 7.08. The van der Waals surface area contributed by atoms with Crippen molar-refractivity contribution in [2.24, 2.45) is 5.92 Å². The molecule has 0 aromatic carbocycles. The summed E-state index contributed by atoms with van der Waals surface area (Å²) in [5, 5.41) is 12.8. The van der Waals surface area contributed by atoms with Crippen LogP contribution in [0.5, 0.6) is 0 Å². The molecule has 0 saturated carbocycles. The van der Waals surface area contributed by atoms with Crippen LogP contribution < -0.4 is 0 Å². The second-order valence-corrected chi connectivity index (χ2v) is 7.12. The van der Waals surface area contributed by atoms with Crippen molar-refractivity contribution in [2.75, 3.05) is 46.2 Å². The summed E-state index contributed by atoms with van der Waals surface area (Å²) in [5.74, 6) is -0.424. The van der Waals surface area contributed by atoms with Gasteiger partial charge in [-0.05, 0) is 41.8 Å². The van der Waals surface area contributed by atoms with Crippen molar-refractivity contribution in [3.8, 4) is 0 Å². The van der Waals surface area contributed by atoms with Gasteiger partial charge in [0.2, 0.25) is 12.0 Å². The van der Waals surface area contributed by atoms with Gasteiger partial charge in [-0.3, -0.25) is 0 Å². The van der Waals surface area contributed by atoms with Crippen LogP contribution in [-0.2, 0) is 28.5 Å². The van der Waals surface area contributed by atoms with Crippen LogP contribution in [-0.4, -0.2) is 63.6 Å². The molecule has 1 aliphatic heterocycles. The lowest BCUT2D eigenvalue weighted by molar-refractivity contribution is -0.176. The molecule has 162 valence electrons. The van der Waals surface area contributed by atoms with Gasteiger partial charge in [0, 0.05) is 25.0 Å². The molecule has 0 bridgehead atoms. The second-order valence-electron chi connectivity index (χ2n) is 6.34. The number of allylic oxidation sites excluding steroid dienone is 1. The van der Waals surface area contributed by atoms with Gasteiger partial charge in [0.1, 0.15) is 6.61 Å². The Balaban J connectivity index is 2.07. The highest BCUT2D eigenvalue weighted by Gasteiger charge is 2.38. The molecule has 3 atom stereocenters. The third-order valence-corrected chi connectivity index (χ3v) is 5.08. The molecular weight excluding hydrogens is 396 g/mol. The zero-order chi connectivity index (χ0) is 20.9. The number of hydrogen-bond donors (Lipinski definition) is 1. The maximum Gasteiger partial charge on any atom is 0.373 e. The highest BCUT2D eigenvalue weighted by Crippen LogP contribution is 2.39. The van der Waals surface area contributed by atoms with Crippen molar-refractivity contribution >= 4 is 17.3 Å². The molecule has 0 aliphatic carbocycles. The first-order valence-corrected chi connectivity index (χ1v) is 10.7. The Morgan fingerprint density at radius 3 is 2.76 bits per heavy atom. The monoisotopic (exact) mass is 426 g/mol. The van der Waals surface area contributed by atoms with E-state index in [4.69, 9.17) is 28.8 Å². The molecule has 0 radical (unpaired) electrons. The number of ether oxygens (including phenoxy) is 5. The average Bonchev–Trinajstić information content (AvgIpc) is 3.26. The van der Waals surface area contributed by atoms with Crippen LogP contribution in [0, 0.1) is 5.92 Å². The lowest BCUT2D eigenvalue weighted by Crippen LogP contribution is -2.37. The van der Waals surface area contributed by atoms with E-state index in [1.165, 1.54) is 6.08 Å². The topological polar surface area (TPSA) is 83.5 Å². The van der Waals surface area contributed by atoms with Crippen LogP contribution in [0.25, 0.3) is 0 Å². The molecule has 0 amide bonds. The molecular formula is C21H30O7S. The molecule has 2 rings (SSSR count). The summed E-state index contributed by atoms with van der Waals surface area (Å²) in [6, 6.07) is 2.05. The molecule has 0 spiro atoms. The molecule has 1 aliphatic rings. The van der Waals surface area contributed by atoms with E-state index in [9.17, 15) is 4.79 Å². The molecule has 0 fully saturated rings. The Morgan fingerprint density at radius 2 is 2.10 bits per heavy atom. The SMILES string of the molecule is C=CCOC(=O)C1=C[C@H](c2ccsc2)[C@@H](CCOCCOCCO)[C@H](OCC)O1. The van der Waals surface area contributed by atoms with Gasteiger partial charge in [-0.15, -0.1) is 0 Å². The fourth-order valence-electron chi connectivity index (χ4n) is 3.08. The molecule has 0 saturated heterocycles. The van der Waals surface area contributed by atoms with Crippen LogP contribution in [0.15, 0.2) is 41.3 Å². The fourth-order valence-corrected chi connectivity index (χ4v) is 3.79. The number of hydrogen-bond acceptors (Lipinski definition) is 8. The summed E-state index contributed by atoms with van der Waals surface area (Å²) in [4.78, 5) is 12.3. The van der Waals surface area contributed by atoms with Gasteiger partial charge in [0.05, 0.1) is 26.4 Å². The maximum atomic E-state index is 12.3. The first kappa shape index (κ1) is 23.6. The van der Waals surface area contributed by atoms with Gasteiger partial charge in [-0.25, -0.2) is 4.79 Å². The molecule has 8 heteroatoms. The third-order valence-electron chi connectivity index (χ3n) is 4.38. The number of rotatable bonds is 14. The van der Waals surface area contributed by atoms with Gasteiger partial charge in [0.25, 0.3) is 0 Å². The Hall–Kier alpha value is -1.71. The van der Waals surface area contributed by atoms with Crippen LogP contribution in [0.2, 0.25) is 0 Å². The molecule has 7 nitrogen and oxygen atoms in total. The minimum absolute atomic E-state index is 0.00166. The number of thiophene rings is 1. The van der Waals surface area contributed by atoms with Gasteiger partial charge < -0.3 is 28.8 Å². The summed E-state index contributed by atoms with van der Waals surface area (Å²) in [5.41, 5.74) is 1.10. The molecule has 2 heterocycles. The van der Waals surface area contributed by atoms with E-state index in [1.54, 1.807) is 11.3 Å². The Kier molecular flexibility index (Phi) is 11.0. The molecule has 29 heavy (non-hydrogen) atoms. The first-order chi connectivity index (χ1) is 14.2. The van der Waals surface area contributed by atoms with E-state index in [-0.39, 0.29) is 30.8 Å². The zero-order valence-electron chi connectivity index (χ0n) is 16.8. The van der Waals surface area contributed by atoms with Crippen molar-refractivity contribution in [1.82, 2.24) is 0 Å². The van der Waals surface area contributed by atoms with Crippen molar-refractivity contribution in [3.63, 3.8) is 0 Å². The second kappa shape index (κ2) is 13.5. The number of aliphatic hydroxyl groups excluding tert-OH is 1. The van der Waals surface area contributed by atoms with Crippen molar-refractivity contribution in [1.29, 1.82) is 0 Å². The summed E-state index contributed by atoms with van der Waals surface area (Å²) in [6.07, 6.45) is 3.45. The molecule has 0 unspecified atom stereocenters. The van der Waals surface area contributed by atoms with Gasteiger partial charge in [0.15, 0.2) is 0 Å². The minimum atomic E-state index is -0.574. The van der Waals surface area contributed by atoms with Crippen LogP contribution in [0.4, 0.5) is 0 Å². The Labute approximate surface area is 175 Å². The zero-order valence-corrected chi connectivity index (χ0v) is 17.6. The van der Waals surface area contributed by atoms with E-state index >= 15 is 0 Å². The van der Waals surface area contributed by atoms with Crippen molar-refractivity contribution in [3.05, 3.63) is 46.9 Å². The smallest absolute Gasteiger partial charge is 0.373 e. The van der Waals surface area contributed by atoms with Gasteiger partial charge in [-0.2, -0.15) is 11.3 Å². The number of carbonyl (C=O) groups is 1. The van der Waals surface area contributed by atoms with Gasteiger partial charge in [-0.1, -0.05) is 12.7 Å². The van der Waals surface area contributed by atoms with Gasteiger partial charge >= 0.3 is 5.97 Å². The largest absolute Gasteiger partial charge is 0.457 e. The Morgan fingerprint density at radius 1 is 1.31 bits per heavy atom. The quantitative estimate of drug-likeness (QED) is 0.278. The van der Waals surface area contributed by atoms with Crippen LogP contribution >= 0.6 is 11.3 Å². The molecule has 1 aromatic heterocycles.